The molecule has 0 unspecified atom stereocenters. The molecular weight excluding hydrogens is 558 g/mol. The molecule has 0 saturated carbocycles. The Kier molecular flexibility index (Phi) is 7.98. The number of carbonyl (C=O) groups is 2. The first-order chi connectivity index (χ1) is 18.8. The molecule has 4 N–H and O–H groups in total. The van der Waals surface area contributed by atoms with E-state index in [2.05, 4.69) is 20.6 Å². The molecule has 0 spiro atoms. The fraction of sp³-hybridized carbons (Fsp3) is 0.231. The number of amides is 2. The summed E-state index contributed by atoms with van der Waals surface area (Å²) in [6, 6.07) is 6.39. The summed E-state index contributed by atoms with van der Waals surface area (Å²) in [5, 5.41) is 5.16. The van der Waals surface area contributed by atoms with Gasteiger partial charge in [-0.15, -0.1) is 0 Å². The molecule has 9 nitrogen and oxygen atoms in total. The van der Waals surface area contributed by atoms with Crippen LogP contribution in [0.25, 0.3) is 22.4 Å². The van der Waals surface area contributed by atoms with E-state index in [1.807, 2.05) is 0 Å². The van der Waals surface area contributed by atoms with Crippen molar-refractivity contribution in [3.05, 3.63) is 70.5 Å². The molecule has 2 heterocycles. The Morgan fingerprint density at radius 1 is 1.10 bits per heavy atom. The molecule has 0 saturated heterocycles. The van der Waals surface area contributed by atoms with E-state index in [0.29, 0.717) is 0 Å². The Morgan fingerprint density at radius 3 is 2.45 bits per heavy atom. The van der Waals surface area contributed by atoms with Gasteiger partial charge in [0.25, 0.3) is 5.91 Å². The van der Waals surface area contributed by atoms with Crippen LogP contribution in [0.1, 0.15) is 41.8 Å². The monoisotopic (exact) mass is 579 g/mol. The average Bonchev–Trinajstić information content (AvgIpc) is 3.34. The average molecular weight is 580 g/mol. The molecule has 210 valence electrons. The minimum Gasteiger partial charge on any atom is -0.494 e. The van der Waals surface area contributed by atoms with Gasteiger partial charge in [0.05, 0.1) is 23.9 Å². The van der Waals surface area contributed by atoms with Crippen LogP contribution in [0.4, 0.5) is 23.2 Å². The standard InChI is InChI=1S/C26H22ClF4N5O4/c1-11(32)22-21(24(38)33-12(2)23(37)34-17-7-4-13(28)10-16(17)27)36-25(40-22)15-5-8-18(39-3)20-14(15)6-9-19(35-20)26(29,30)31/h4-12H,32H2,1-3H3,(H,33,38)(H,34,37)/t11-,12+/m0/s1. The van der Waals surface area contributed by atoms with Crippen molar-refractivity contribution >= 4 is 40.0 Å². The number of pyridine rings is 1. The van der Waals surface area contributed by atoms with Crippen LogP contribution in [-0.2, 0) is 11.0 Å². The van der Waals surface area contributed by atoms with E-state index >= 15 is 0 Å². The minimum atomic E-state index is -4.68. The molecule has 2 atom stereocenters. The largest absolute Gasteiger partial charge is 0.494 e. The van der Waals surface area contributed by atoms with Gasteiger partial charge in [-0.1, -0.05) is 11.6 Å². The predicted octanol–water partition coefficient (Wildman–Crippen LogP) is 5.49. The maximum atomic E-state index is 13.3. The number of anilines is 1. The highest BCUT2D eigenvalue weighted by molar-refractivity contribution is 6.33. The first-order valence-corrected chi connectivity index (χ1v) is 12.1. The number of methoxy groups -OCH3 is 1. The number of rotatable bonds is 7. The Morgan fingerprint density at radius 2 is 1.82 bits per heavy atom. The molecule has 0 fully saturated rings. The summed E-state index contributed by atoms with van der Waals surface area (Å²) < 4.78 is 64.1. The number of nitrogens with one attached hydrogen (secondary N) is 2. The molecule has 0 aliphatic heterocycles. The zero-order valence-electron chi connectivity index (χ0n) is 21.2. The lowest BCUT2D eigenvalue weighted by atomic mass is 10.1. The molecule has 0 aliphatic carbocycles. The SMILES string of the molecule is COc1ccc(-c2nc(C(=O)N[C@H](C)C(=O)Nc3ccc(F)cc3Cl)c([C@H](C)N)o2)c2ccc(C(F)(F)F)nc12. The zero-order valence-corrected chi connectivity index (χ0v) is 21.9. The molecule has 0 aliphatic rings. The molecule has 0 bridgehead atoms. The lowest BCUT2D eigenvalue weighted by Gasteiger charge is -2.14. The predicted molar refractivity (Wildman–Crippen MR) is 138 cm³/mol. The highest BCUT2D eigenvalue weighted by atomic mass is 35.5. The quantitative estimate of drug-likeness (QED) is 0.247. The van der Waals surface area contributed by atoms with Gasteiger partial charge in [-0.25, -0.2) is 14.4 Å². The molecule has 0 radical (unpaired) electrons. The molecule has 2 aromatic heterocycles. The Labute approximate surface area is 229 Å². The number of hydrogen-bond acceptors (Lipinski definition) is 7. The Bertz CT molecular complexity index is 1610. The summed E-state index contributed by atoms with van der Waals surface area (Å²) in [6.45, 7) is 2.94. The van der Waals surface area contributed by atoms with E-state index in [1.165, 1.54) is 45.2 Å². The smallest absolute Gasteiger partial charge is 0.433 e. The second-order valence-corrected chi connectivity index (χ2v) is 9.14. The van der Waals surface area contributed by atoms with Crippen molar-refractivity contribution < 1.29 is 36.3 Å². The van der Waals surface area contributed by atoms with Gasteiger partial charge in [0.2, 0.25) is 11.8 Å². The Balaban J connectivity index is 1.66. The van der Waals surface area contributed by atoms with E-state index in [4.69, 9.17) is 26.5 Å². The van der Waals surface area contributed by atoms with Crippen LogP contribution in [0, 0.1) is 5.82 Å². The third-order valence-corrected chi connectivity index (χ3v) is 6.09. The van der Waals surface area contributed by atoms with Crippen LogP contribution in [0.15, 0.2) is 46.9 Å². The summed E-state index contributed by atoms with van der Waals surface area (Å²) >= 11 is 5.94. The van der Waals surface area contributed by atoms with Gasteiger partial charge in [-0.05, 0) is 56.3 Å². The lowest BCUT2D eigenvalue weighted by Crippen LogP contribution is -2.42. The molecule has 2 aromatic carbocycles. The van der Waals surface area contributed by atoms with Crippen LogP contribution < -0.4 is 21.1 Å². The number of halogens is 5. The van der Waals surface area contributed by atoms with Gasteiger partial charge < -0.3 is 25.5 Å². The van der Waals surface area contributed by atoms with E-state index < -0.39 is 41.6 Å². The van der Waals surface area contributed by atoms with Crippen molar-refractivity contribution in [3.8, 4) is 17.2 Å². The molecule has 14 heteroatoms. The molecule has 4 aromatic rings. The zero-order chi connectivity index (χ0) is 29.4. The summed E-state index contributed by atoms with van der Waals surface area (Å²) in [5.41, 5.74) is 4.93. The van der Waals surface area contributed by atoms with Crippen LogP contribution in [0.5, 0.6) is 5.75 Å². The first kappa shape index (κ1) is 28.8. The third kappa shape index (κ3) is 5.84. The number of alkyl halides is 3. The third-order valence-electron chi connectivity index (χ3n) is 5.77. The van der Waals surface area contributed by atoms with Gasteiger partial charge in [-0.3, -0.25) is 9.59 Å². The number of oxazole rings is 1. The van der Waals surface area contributed by atoms with Gasteiger partial charge >= 0.3 is 6.18 Å². The van der Waals surface area contributed by atoms with Crippen molar-refractivity contribution in [2.75, 3.05) is 12.4 Å². The van der Waals surface area contributed by atoms with Gasteiger partial charge in [0, 0.05) is 10.9 Å². The second-order valence-electron chi connectivity index (χ2n) is 8.73. The summed E-state index contributed by atoms with van der Waals surface area (Å²) in [5.74, 6) is -2.09. The first-order valence-electron chi connectivity index (χ1n) is 11.7. The van der Waals surface area contributed by atoms with Crippen LogP contribution in [0.2, 0.25) is 5.02 Å². The number of nitrogens with zero attached hydrogens (tertiary/aromatic N) is 2. The molecule has 4 rings (SSSR count). The van der Waals surface area contributed by atoms with Crippen molar-refractivity contribution in [1.82, 2.24) is 15.3 Å². The highest BCUT2D eigenvalue weighted by Crippen LogP contribution is 2.37. The van der Waals surface area contributed by atoms with Gasteiger partial charge in [0.1, 0.15) is 28.8 Å². The normalized spacial score (nSPS) is 13.1. The van der Waals surface area contributed by atoms with Crippen molar-refractivity contribution in [3.63, 3.8) is 0 Å². The molecular formula is C26H22ClF4N5O4. The van der Waals surface area contributed by atoms with Gasteiger partial charge in [0.15, 0.2) is 11.5 Å². The van der Waals surface area contributed by atoms with Crippen LogP contribution >= 0.6 is 11.6 Å². The van der Waals surface area contributed by atoms with E-state index in [-0.39, 0.29) is 50.3 Å². The lowest BCUT2D eigenvalue weighted by molar-refractivity contribution is -0.141. The number of benzene rings is 2. The minimum absolute atomic E-state index is 0.0227. The van der Waals surface area contributed by atoms with Crippen LogP contribution in [-0.4, -0.2) is 34.9 Å². The number of fused-ring (bicyclic) bond motifs is 1. The maximum absolute atomic E-state index is 13.3. The van der Waals surface area contributed by atoms with Gasteiger partial charge in [-0.2, -0.15) is 13.2 Å². The number of carbonyl (C=O) groups excluding carboxylic acids is 2. The number of hydrogen-bond donors (Lipinski definition) is 3. The summed E-state index contributed by atoms with van der Waals surface area (Å²) in [6.07, 6.45) is -4.68. The van der Waals surface area contributed by atoms with Crippen LogP contribution in [0.3, 0.4) is 0 Å². The molecule has 2 amide bonds. The fourth-order valence-corrected chi connectivity index (χ4v) is 4.00. The Hall–Kier alpha value is -4.23. The molecule has 40 heavy (non-hydrogen) atoms. The van der Waals surface area contributed by atoms with E-state index in [9.17, 15) is 27.2 Å². The fourth-order valence-electron chi connectivity index (χ4n) is 3.78. The topological polar surface area (TPSA) is 132 Å². The number of nitrogens with two attached hydrogens (primary N) is 1. The summed E-state index contributed by atoms with van der Waals surface area (Å²) in [7, 11) is 1.29. The van der Waals surface area contributed by atoms with E-state index in [1.54, 1.807) is 0 Å². The maximum Gasteiger partial charge on any atom is 0.433 e. The highest BCUT2D eigenvalue weighted by Gasteiger charge is 2.33. The number of ether oxygens (including phenoxy) is 1. The second kappa shape index (κ2) is 11.1. The van der Waals surface area contributed by atoms with E-state index in [0.717, 1.165) is 18.2 Å². The summed E-state index contributed by atoms with van der Waals surface area (Å²) in [4.78, 5) is 33.7. The van der Waals surface area contributed by atoms with Crippen molar-refractivity contribution in [2.45, 2.75) is 32.1 Å². The van der Waals surface area contributed by atoms with Crippen molar-refractivity contribution in [2.24, 2.45) is 5.73 Å². The number of aromatic nitrogens is 2. The van der Waals surface area contributed by atoms with Crippen molar-refractivity contribution in [1.29, 1.82) is 0 Å².